The van der Waals surface area contributed by atoms with Gasteiger partial charge in [-0.25, -0.2) is 0 Å². The SMILES string of the molecule is [CH2]CCCl.[MgH2]. The maximum atomic E-state index is 5.12. The number of halogens is 1. The van der Waals surface area contributed by atoms with E-state index in [9.17, 15) is 0 Å². The zero-order valence-electron chi connectivity index (χ0n) is 2.50. The van der Waals surface area contributed by atoms with Crippen molar-refractivity contribution in [1.82, 2.24) is 0 Å². The molecule has 0 bridgehead atoms. The Kier molecular flexibility index (Phi) is 16.8. The molecule has 0 unspecified atom stereocenters. The quantitative estimate of drug-likeness (QED) is 0.336. The molecule has 2 heteroatoms. The maximum absolute atomic E-state index is 5.12. The van der Waals surface area contributed by atoms with Gasteiger partial charge in [-0.1, -0.05) is 6.92 Å². The second kappa shape index (κ2) is 8.91. The molecule has 0 aromatic heterocycles. The molecule has 0 saturated heterocycles. The topological polar surface area (TPSA) is 0 Å². The molecule has 1 radical (unpaired) electrons. The molecule has 0 N–H and O–H groups in total. The van der Waals surface area contributed by atoms with Crippen LogP contribution in [-0.4, -0.2) is 28.9 Å². The summed E-state index contributed by atoms with van der Waals surface area (Å²) in [6, 6.07) is 0. The Bertz CT molecular complexity index is 8.85. The minimum Gasteiger partial charge on any atom is -0.127 e. The van der Waals surface area contributed by atoms with Crippen molar-refractivity contribution in [2.45, 2.75) is 6.42 Å². The summed E-state index contributed by atoms with van der Waals surface area (Å²) in [5, 5.41) is 0. The predicted octanol–water partition coefficient (Wildman–Crippen LogP) is 0.533. The third-order valence-electron chi connectivity index (χ3n) is 0.134. The molecule has 0 heterocycles. The molecule has 0 aromatic rings. The average Bonchev–Trinajstić information content (AvgIpc) is 1.37. The second-order valence-corrected chi connectivity index (χ2v) is 0.921. The molecular weight excluding hydrogens is 95.8 g/mol. The molecule has 29 valence electrons. The fourth-order valence-electron chi connectivity index (χ4n) is 0. The van der Waals surface area contributed by atoms with Crippen LogP contribution >= 0.6 is 11.6 Å². The van der Waals surface area contributed by atoms with Gasteiger partial charge in [0.2, 0.25) is 0 Å². The summed E-state index contributed by atoms with van der Waals surface area (Å²) >= 11 is 5.12. The third kappa shape index (κ3) is 11.2. The molecule has 0 aliphatic heterocycles. The first-order valence-electron chi connectivity index (χ1n) is 1.27. The summed E-state index contributed by atoms with van der Waals surface area (Å²) in [5.74, 6) is 0.681. The third-order valence-corrected chi connectivity index (χ3v) is 0.401. The molecule has 0 rings (SSSR count). The Morgan fingerprint density at radius 3 is 1.80 bits per heavy atom. The summed E-state index contributed by atoms with van der Waals surface area (Å²) in [6.07, 6.45) is 0.835. The Hall–Kier alpha value is 1.06. The lowest BCUT2D eigenvalue weighted by Gasteiger charge is -1.65. The highest BCUT2D eigenvalue weighted by atomic mass is 35.5. The smallest absolute Gasteiger partial charge is 0.127 e. The maximum Gasteiger partial charge on any atom is 0.316 e. The Morgan fingerprint density at radius 2 is 1.80 bits per heavy atom. The van der Waals surface area contributed by atoms with Crippen molar-refractivity contribution in [2.24, 2.45) is 0 Å². The van der Waals surface area contributed by atoms with Crippen LogP contribution in [0.5, 0.6) is 0 Å². The van der Waals surface area contributed by atoms with Crippen molar-refractivity contribution in [1.29, 1.82) is 0 Å². The monoisotopic (exact) mass is 103 g/mol. The molecule has 0 fully saturated rings. The summed E-state index contributed by atoms with van der Waals surface area (Å²) in [7, 11) is 0. The fraction of sp³-hybridized carbons (Fsp3) is 0.667. The van der Waals surface area contributed by atoms with E-state index in [0.29, 0.717) is 5.88 Å². The van der Waals surface area contributed by atoms with Crippen LogP contribution in [0.25, 0.3) is 0 Å². The van der Waals surface area contributed by atoms with Crippen LogP contribution in [0, 0.1) is 6.92 Å². The van der Waals surface area contributed by atoms with Gasteiger partial charge in [0.15, 0.2) is 0 Å². The summed E-state index contributed by atoms with van der Waals surface area (Å²) in [4.78, 5) is 0. The van der Waals surface area contributed by atoms with E-state index in [1.807, 2.05) is 0 Å². The zero-order chi connectivity index (χ0) is 3.41. The van der Waals surface area contributed by atoms with E-state index in [4.69, 9.17) is 11.6 Å². The van der Waals surface area contributed by atoms with Crippen molar-refractivity contribution in [3.8, 4) is 0 Å². The normalized spacial score (nSPS) is 6.00. The molecule has 0 aliphatic carbocycles. The van der Waals surface area contributed by atoms with E-state index in [0.717, 1.165) is 6.42 Å². The first-order chi connectivity index (χ1) is 1.91. The lowest BCUT2D eigenvalue weighted by molar-refractivity contribution is 1.24. The van der Waals surface area contributed by atoms with Gasteiger partial charge in [0.25, 0.3) is 0 Å². The van der Waals surface area contributed by atoms with Crippen LogP contribution in [0.2, 0.25) is 0 Å². The molecule has 0 aliphatic rings. The lowest BCUT2D eigenvalue weighted by atomic mass is 10.6. The van der Waals surface area contributed by atoms with Crippen LogP contribution in [-0.2, 0) is 0 Å². The highest BCUT2D eigenvalue weighted by Gasteiger charge is 1.59. The van der Waals surface area contributed by atoms with Gasteiger partial charge in [-0.15, -0.1) is 11.6 Å². The summed E-state index contributed by atoms with van der Waals surface area (Å²) in [6.45, 7) is 3.47. The molecular formula is C3H8ClMg. The first-order valence-corrected chi connectivity index (χ1v) is 1.80. The van der Waals surface area contributed by atoms with Crippen molar-refractivity contribution >= 4 is 34.7 Å². The largest absolute Gasteiger partial charge is 0.316 e. The van der Waals surface area contributed by atoms with Crippen LogP contribution in [0.3, 0.4) is 0 Å². The van der Waals surface area contributed by atoms with E-state index < -0.39 is 0 Å². The molecule has 0 spiro atoms. The molecule has 0 saturated carbocycles. The minimum atomic E-state index is 0. The van der Waals surface area contributed by atoms with E-state index in [1.165, 1.54) is 0 Å². The van der Waals surface area contributed by atoms with Gasteiger partial charge in [0.1, 0.15) is 0 Å². The summed E-state index contributed by atoms with van der Waals surface area (Å²) in [5.41, 5.74) is 0. The molecule has 0 amide bonds. The fourth-order valence-corrected chi connectivity index (χ4v) is 0. The first kappa shape index (κ1) is 9.41. The highest BCUT2D eigenvalue weighted by Crippen LogP contribution is 1.75. The van der Waals surface area contributed by atoms with Crippen molar-refractivity contribution in [3.63, 3.8) is 0 Å². The minimum absolute atomic E-state index is 0. The number of hydrogen-bond donors (Lipinski definition) is 0. The summed E-state index contributed by atoms with van der Waals surface area (Å²) < 4.78 is 0. The Balaban J connectivity index is 0. The lowest BCUT2D eigenvalue weighted by Crippen LogP contribution is -1.56. The number of rotatable bonds is 1. The van der Waals surface area contributed by atoms with E-state index in [1.54, 1.807) is 0 Å². The molecule has 0 nitrogen and oxygen atoms in total. The van der Waals surface area contributed by atoms with Crippen LogP contribution < -0.4 is 0 Å². The molecule has 0 aromatic carbocycles. The van der Waals surface area contributed by atoms with Gasteiger partial charge < -0.3 is 0 Å². The average molecular weight is 104 g/mol. The van der Waals surface area contributed by atoms with Crippen molar-refractivity contribution in [3.05, 3.63) is 6.92 Å². The van der Waals surface area contributed by atoms with Gasteiger partial charge in [-0.2, -0.15) is 0 Å². The van der Waals surface area contributed by atoms with Gasteiger partial charge in [-0.05, 0) is 6.42 Å². The highest BCUT2D eigenvalue weighted by molar-refractivity contribution is 6.17. The zero-order valence-corrected chi connectivity index (χ0v) is 3.26. The van der Waals surface area contributed by atoms with Gasteiger partial charge in [0, 0.05) is 5.88 Å². The van der Waals surface area contributed by atoms with Crippen LogP contribution in [0.1, 0.15) is 6.42 Å². The van der Waals surface area contributed by atoms with Gasteiger partial charge >= 0.3 is 23.1 Å². The van der Waals surface area contributed by atoms with E-state index >= 15 is 0 Å². The molecule has 0 atom stereocenters. The second-order valence-electron chi connectivity index (χ2n) is 0.543. The van der Waals surface area contributed by atoms with E-state index in [-0.39, 0.29) is 23.1 Å². The van der Waals surface area contributed by atoms with Crippen LogP contribution in [0.15, 0.2) is 0 Å². The predicted molar refractivity (Wildman–Crippen MR) is 29.2 cm³/mol. The number of alkyl halides is 1. The van der Waals surface area contributed by atoms with Crippen molar-refractivity contribution < 1.29 is 0 Å². The van der Waals surface area contributed by atoms with E-state index in [2.05, 4.69) is 6.92 Å². The Labute approximate surface area is 54.0 Å². The number of hydrogen-bond acceptors (Lipinski definition) is 0. The van der Waals surface area contributed by atoms with Crippen molar-refractivity contribution in [2.75, 3.05) is 5.88 Å². The molecule has 5 heavy (non-hydrogen) atoms. The Morgan fingerprint density at radius 1 is 1.60 bits per heavy atom. The van der Waals surface area contributed by atoms with Crippen LogP contribution in [0.4, 0.5) is 0 Å². The van der Waals surface area contributed by atoms with Gasteiger partial charge in [-0.3, -0.25) is 0 Å². The standard InChI is InChI=1S/C3H6Cl.Mg.2H/c1-2-3-4;;;/h1-3H2;;;. The van der Waals surface area contributed by atoms with Gasteiger partial charge in [0.05, 0.1) is 0 Å².